The summed E-state index contributed by atoms with van der Waals surface area (Å²) in [4.78, 5) is 14.0. The zero-order chi connectivity index (χ0) is 13.5. The van der Waals surface area contributed by atoms with E-state index in [1.165, 1.54) is 12.8 Å². The van der Waals surface area contributed by atoms with Crippen molar-refractivity contribution in [2.45, 2.75) is 32.1 Å². The average Bonchev–Trinajstić information content (AvgIpc) is 2.70. The van der Waals surface area contributed by atoms with Gasteiger partial charge in [-0.2, -0.15) is 0 Å². The SMILES string of the molecule is Nc1ccccc1OCCC(=O)N1CCCCCC1. The van der Waals surface area contributed by atoms with Crippen molar-refractivity contribution in [3.05, 3.63) is 24.3 Å². The summed E-state index contributed by atoms with van der Waals surface area (Å²) in [7, 11) is 0. The van der Waals surface area contributed by atoms with E-state index in [9.17, 15) is 4.79 Å². The van der Waals surface area contributed by atoms with E-state index in [2.05, 4.69) is 0 Å². The highest BCUT2D eigenvalue weighted by atomic mass is 16.5. The van der Waals surface area contributed by atoms with E-state index >= 15 is 0 Å². The number of nitrogens with two attached hydrogens (primary N) is 1. The Kier molecular flexibility index (Phi) is 5.07. The molecule has 2 N–H and O–H groups in total. The lowest BCUT2D eigenvalue weighted by Crippen LogP contribution is -2.32. The average molecular weight is 262 g/mol. The van der Waals surface area contributed by atoms with Crippen molar-refractivity contribution in [1.82, 2.24) is 4.90 Å². The van der Waals surface area contributed by atoms with Crippen molar-refractivity contribution in [1.29, 1.82) is 0 Å². The molecule has 1 aromatic carbocycles. The number of carbonyl (C=O) groups excluding carboxylic acids is 1. The first-order valence-corrected chi connectivity index (χ1v) is 7.02. The third-order valence-corrected chi connectivity index (χ3v) is 3.45. The van der Waals surface area contributed by atoms with Crippen molar-refractivity contribution >= 4 is 11.6 Å². The summed E-state index contributed by atoms with van der Waals surface area (Å²) in [5, 5.41) is 0. The molecule has 1 heterocycles. The summed E-state index contributed by atoms with van der Waals surface area (Å²) in [5.74, 6) is 0.850. The number of likely N-dealkylation sites (tertiary alicyclic amines) is 1. The lowest BCUT2D eigenvalue weighted by molar-refractivity contribution is -0.131. The normalized spacial score (nSPS) is 15.9. The first-order valence-electron chi connectivity index (χ1n) is 7.02. The zero-order valence-corrected chi connectivity index (χ0v) is 11.3. The molecule has 0 unspecified atom stereocenters. The Morgan fingerprint density at radius 2 is 1.84 bits per heavy atom. The Morgan fingerprint density at radius 3 is 2.53 bits per heavy atom. The molecule has 0 atom stereocenters. The molecule has 1 amide bonds. The number of nitrogen functional groups attached to an aromatic ring is 1. The van der Waals surface area contributed by atoms with Crippen LogP contribution in [0.15, 0.2) is 24.3 Å². The van der Waals surface area contributed by atoms with E-state index in [0.29, 0.717) is 24.5 Å². The third-order valence-electron chi connectivity index (χ3n) is 3.45. The van der Waals surface area contributed by atoms with Crippen LogP contribution in [0.5, 0.6) is 5.75 Å². The molecule has 4 nitrogen and oxygen atoms in total. The summed E-state index contributed by atoms with van der Waals surface area (Å²) in [6, 6.07) is 7.37. The van der Waals surface area contributed by atoms with Gasteiger partial charge in [0.1, 0.15) is 5.75 Å². The minimum atomic E-state index is 0.191. The molecule has 0 saturated carbocycles. The fourth-order valence-electron chi connectivity index (χ4n) is 2.34. The maximum absolute atomic E-state index is 12.0. The van der Waals surface area contributed by atoms with Crippen LogP contribution in [-0.2, 0) is 4.79 Å². The predicted molar refractivity (Wildman–Crippen MR) is 76.0 cm³/mol. The molecular weight excluding hydrogens is 240 g/mol. The fourth-order valence-corrected chi connectivity index (χ4v) is 2.34. The molecule has 0 bridgehead atoms. The molecule has 4 heteroatoms. The van der Waals surface area contributed by atoms with E-state index in [4.69, 9.17) is 10.5 Å². The second-order valence-electron chi connectivity index (χ2n) is 4.93. The number of rotatable bonds is 4. The number of anilines is 1. The standard InChI is InChI=1S/C15H22N2O2/c16-13-7-3-4-8-14(13)19-12-9-15(18)17-10-5-1-2-6-11-17/h3-4,7-8H,1-2,5-6,9-12,16H2. The van der Waals surface area contributed by atoms with Gasteiger partial charge in [0.2, 0.25) is 5.91 Å². The molecule has 1 aliphatic heterocycles. The third kappa shape index (κ3) is 4.16. The lowest BCUT2D eigenvalue weighted by atomic mass is 10.2. The minimum Gasteiger partial charge on any atom is -0.491 e. The molecule has 1 aromatic rings. The largest absolute Gasteiger partial charge is 0.491 e. The molecule has 104 valence electrons. The fraction of sp³-hybridized carbons (Fsp3) is 0.533. The number of hydrogen-bond acceptors (Lipinski definition) is 3. The number of para-hydroxylation sites is 2. The van der Waals surface area contributed by atoms with E-state index in [0.717, 1.165) is 25.9 Å². The highest BCUT2D eigenvalue weighted by Crippen LogP contribution is 2.20. The van der Waals surface area contributed by atoms with Crippen LogP contribution in [0.4, 0.5) is 5.69 Å². The Morgan fingerprint density at radius 1 is 1.16 bits per heavy atom. The monoisotopic (exact) mass is 262 g/mol. The lowest BCUT2D eigenvalue weighted by Gasteiger charge is -2.20. The molecule has 0 radical (unpaired) electrons. The van der Waals surface area contributed by atoms with Gasteiger partial charge >= 0.3 is 0 Å². The first-order chi connectivity index (χ1) is 9.27. The van der Waals surface area contributed by atoms with Gasteiger partial charge in [-0.05, 0) is 25.0 Å². The molecule has 19 heavy (non-hydrogen) atoms. The van der Waals surface area contributed by atoms with Gasteiger partial charge in [0.05, 0.1) is 18.7 Å². The van der Waals surface area contributed by atoms with Crippen molar-refractivity contribution in [3.63, 3.8) is 0 Å². The number of benzene rings is 1. The Labute approximate surface area is 114 Å². The van der Waals surface area contributed by atoms with Crippen LogP contribution >= 0.6 is 0 Å². The molecule has 1 saturated heterocycles. The first kappa shape index (κ1) is 13.7. The van der Waals surface area contributed by atoms with Crippen molar-refractivity contribution < 1.29 is 9.53 Å². The van der Waals surface area contributed by atoms with Crippen LogP contribution in [-0.4, -0.2) is 30.5 Å². The van der Waals surface area contributed by atoms with E-state index in [-0.39, 0.29) is 5.91 Å². The second kappa shape index (κ2) is 7.02. The summed E-state index contributed by atoms with van der Waals surface area (Å²) >= 11 is 0. The van der Waals surface area contributed by atoms with Gasteiger partial charge in [0.15, 0.2) is 0 Å². The number of ether oxygens (including phenoxy) is 1. The number of amides is 1. The van der Waals surface area contributed by atoms with E-state index in [1.54, 1.807) is 6.07 Å². The van der Waals surface area contributed by atoms with E-state index < -0.39 is 0 Å². The smallest absolute Gasteiger partial charge is 0.225 e. The van der Waals surface area contributed by atoms with Gasteiger partial charge in [-0.1, -0.05) is 25.0 Å². The van der Waals surface area contributed by atoms with Crippen LogP contribution in [0.3, 0.4) is 0 Å². The highest BCUT2D eigenvalue weighted by molar-refractivity contribution is 5.76. The maximum Gasteiger partial charge on any atom is 0.225 e. The van der Waals surface area contributed by atoms with Crippen molar-refractivity contribution in [3.8, 4) is 5.75 Å². The number of hydrogen-bond donors (Lipinski definition) is 1. The van der Waals surface area contributed by atoms with Gasteiger partial charge in [-0.3, -0.25) is 4.79 Å². The summed E-state index contributed by atoms with van der Waals surface area (Å²) < 4.78 is 5.56. The summed E-state index contributed by atoms with van der Waals surface area (Å²) in [6.45, 7) is 2.18. The second-order valence-corrected chi connectivity index (χ2v) is 4.93. The Hall–Kier alpha value is -1.71. The molecule has 0 aliphatic carbocycles. The Bertz CT molecular complexity index is 412. The predicted octanol–water partition coefficient (Wildman–Crippen LogP) is 2.44. The van der Waals surface area contributed by atoms with Crippen molar-refractivity contribution in [2.75, 3.05) is 25.4 Å². The zero-order valence-electron chi connectivity index (χ0n) is 11.3. The van der Waals surface area contributed by atoms with Crippen molar-refractivity contribution in [2.24, 2.45) is 0 Å². The van der Waals surface area contributed by atoms with Crippen LogP contribution in [0.1, 0.15) is 32.1 Å². The minimum absolute atomic E-state index is 0.191. The number of nitrogens with zero attached hydrogens (tertiary/aromatic N) is 1. The highest BCUT2D eigenvalue weighted by Gasteiger charge is 2.15. The van der Waals surface area contributed by atoms with Crippen LogP contribution in [0.2, 0.25) is 0 Å². The number of carbonyl (C=O) groups is 1. The molecule has 1 fully saturated rings. The molecule has 2 rings (SSSR count). The van der Waals surface area contributed by atoms with Gasteiger partial charge in [-0.15, -0.1) is 0 Å². The van der Waals surface area contributed by atoms with Crippen LogP contribution in [0, 0.1) is 0 Å². The van der Waals surface area contributed by atoms with Gasteiger partial charge in [0, 0.05) is 13.1 Å². The van der Waals surface area contributed by atoms with E-state index in [1.807, 2.05) is 23.1 Å². The molecule has 0 spiro atoms. The Balaban J connectivity index is 1.76. The van der Waals surface area contributed by atoms with Crippen LogP contribution in [0.25, 0.3) is 0 Å². The molecular formula is C15H22N2O2. The molecule has 1 aliphatic rings. The van der Waals surface area contributed by atoms with Gasteiger partial charge in [-0.25, -0.2) is 0 Å². The van der Waals surface area contributed by atoms with Gasteiger partial charge in [0.25, 0.3) is 0 Å². The van der Waals surface area contributed by atoms with Gasteiger partial charge < -0.3 is 15.4 Å². The summed E-state index contributed by atoms with van der Waals surface area (Å²) in [5.41, 5.74) is 6.40. The topological polar surface area (TPSA) is 55.6 Å². The maximum atomic E-state index is 12.0. The quantitative estimate of drug-likeness (QED) is 0.848. The molecule has 0 aromatic heterocycles. The summed E-state index contributed by atoms with van der Waals surface area (Å²) in [6.07, 6.45) is 5.15. The van der Waals surface area contributed by atoms with Crippen LogP contribution < -0.4 is 10.5 Å².